The van der Waals surface area contributed by atoms with Gasteiger partial charge in [0.1, 0.15) is 0 Å². The minimum Gasteiger partial charge on any atom is -0.361 e. The molecule has 2 N–H and O–H groups in total. The first kappa shape index (κ1) is 18.5. The highest BCUT2D eigenvalue weighted by Crippen LogP contribution is 2.39. The molecule has 0 saturated carbocycles. The summed E-state index contributed by atoms with van der Waals surface area (Å²) in [5, 5.41) is 4.22. The summed E-state index contributed by atoms with van der Waals surface area (Å²) in [6, 6.07) is 14.6. The Morgan fingerprint density at radius 2 is 1.77 bits per heavy atom. The molecule has 30 heavy (non-hydrogen) atoms. The number of hydrogen-bond acceptors (Lipinski definition) is 2. The van der Waals surface area contributed by atoms with E-state index in [0.29, 0.717) is 33.5 Å². The molecule has 0 aliphatic rings. The zero-order valence-electron chi connectivity index (χ0n) is 15.1. The van der Waals surface area contributed by atoms with E-state index in [1.54, 1.807) is 30.5 Å². The van der Waals surface area contributed by atoms with Crippen LogP contribution < -0.4 is 5.56 Å². The first-order valence-corrected chi connectivity index (χ1v) is 9.26. The minimum atomic E-state index is -4.75. The second-order valence-electron chi connectivity index (χ2n) is 6.75. The van der Waals surface area contributed by atoms with Gasteiger partial charge in [-0.2, -0.15) is 13.2 Å². The van der Waals surface area contributed by atoms with Crippen molar-refractivity contribution < 1.29 is 13.2 Å². The number of aromatic nitrogens is 4. The Hall–Kier alpha value is -3.52. The Labute approximate surface area is 171 Å². The van der Waals surface area contributed by atoms with Crippen LogP contribution in [0.15, 0.2) is 65.6 Å². The lowest BCUT2D eigenvalue weighted by molar-refractivity contribution is -0.141. The monoisotopic (exact) mass is 428 g/mol. The third-order valence-corrected chi connectivity index (χ3v) is 5.15. The van der Waals surface area contributed by atoms with E-state index in [9.17, 15) is 18.0 Å². The molecule has 0 spiro atoms. The number of rotatable bonds is 2. The number of nitrogens with one attached hydrogen (secondary N) is 2. The Morgan fingerprint density at radius 3 is 2.50 bits per heavy atom. The predicted molar refractivity (Wildman–Crippen MR) is 109 cm³/mol. The van der Waals surface area contributed by atoms with Gasteiger partial charge in [-0.25, -0.2) is 9.50 Å². The van der Waals surface area contributed by atoms with Crippen molar-refractivity contribution in [2.75, 3.05) is 0 Å². The maximum absolute atomic E-state index is 13.4. The number of halogens is 4. The molecule has 3 heterocycles. The molecule has 0 bridgehead atoms. The number of para-hydroxylation sites is 1. The Balaban J connectivity index is 1.92. The quantitative estimate of drug-likeness (QED) is 0.389. The standard InChI is InChI=1S/C21H12ClF3N4O/c22-12-7-5-11(6-8-12)19-18(14-10-26-15-4-2-1-3-13(14)15)20-27-16(21(23,24)25)9-17(30)29(20)28-19/h1-10,26,28H. The van der Waals surface area contributed by atoms with Gasteiger partial charge in [0.05, 0.1) is 11.3 Å². The molecule has 0 aliphatic carbocycles. The number of nitrogens with zero attached hydrogens (tertiary/aromatic N) is 2. The summed E-state index contributed by atoms with van der Waals surface area (Å²) in [7, 11) is 0. The van der Waals surface area contributed by atoms with Crippen molar-refractivity contribution in [3.63, 3.8) is 0 Å². The third kappa shape index (κ3) is 2.88. The van der Waals surface area contributed by atoms with Crippen LogP contribution in [-0.4, -0.2) is 19.6 Å². The van der Waals surface area contributed by atoms with Crippen LogP contribution in [0.2, 0.25) is 5.02 Å². The van der Waals surface area contributed by atoms with Gasteiger partial charge < -0.3 is 4.98 Å². The van der Waals surface area contributed by atoms with Crippen LogP contribution >= 0.6 is 11.6 Å². The molecule has 0 aliphatic heterocycles. The van der Waals surface area contributed by atoms with Gasteiger partial charge in [0.25, 0.3) is 5.56 Å². The fourth-order valence-electron chi connectivity index (χ4n) is 3.54. The lowest BCUT2D eigenvalue weighted by Crippen LogP contribution is -2.20. The molecule has 0 saturated heterocycles. The molecule has 5 nitrogen and oxygen atoms in total. The zero-order chi connectivity index (χ0) is 21.0. The van der Waals surface area contributed by atoms with Crippen molar-refractivity contribution in [1.29, 1.82) is 0 Å². The van der Waals surface area contributed by atoms with E-state index in [1.807, 2.05) is 24.3 Å². The summed E-state index contributed by atoms with van der Waals surface area (Å²) in [5.74, 6) is 0. The Kier molecular flexibility index (Phi) is 4.01. The Bertz CT molecular complexity index is 1460. The minimum absolute atomic E-state index is 0.107. The zero-order valence-corrected chi connectivity index (χ0v) is 15.8. The number of benzene rings is 2. The van der Waals surface area contributed by atoms with E-state index < -0.39 is 17.4 Å². The lowest BCUT2D eigenvalue weighted by Gasteiger charge is -2.06. The van der Waals surface area contributed by atoms with Crippen molar-refractivity contribution in [2.45, 2.75) is 6.18 Å². The molecular formula is C21H12ClF3N4O. The van der Waals surface area contributed by atoms with Crippen molar-refractivity contribution in [3.8, 4) is 22.4 Å². The van der Waals surface area contributed by atoms with Gasteiger partial charge in [0, 0.05) is 39.3 Å². The first-order valence-electron chi connectivity index (χ1n) is 8.88. The maximum Gasteiger partial charge on any atom is 0.433 e. The van der Waals surface area contributed by atoms with E-state index >= 15 is 0 Å². The van der Waals surface area contributed by atoms with Crippen LogP contribution in [0.4, 0.5) is 13.2 Å². The molecule has 0 radical (unpaired) electrons. The van der Waals surface area contributed by atoms with Crippen LogP contribution in [0.25, 0.3) is 38.9 Å². The summed E-state index contributed by atoms with van der Waals surface area (Å²) < 4.78 is 41.1. The number of alkyl halides is 3. The second kappa shape index (κ2) is 6.50. The number of hydrogen-bond donors (Lipinski definition) is 2. The van der Waals surface area contributed by atoms with Gasteiger partial charge in [-0.3, -0.25) is 9.89 Å². The van der Waals surface area contributed by atoms with Crippen LogP contribution in [0.1, 0.15) is 5.69 Å². The molecule has 5 aromatic rings. The number of H-pyrrole nitrogens is 2. The van der Waals surface area contributed by atoms with Crippen LogP contribution in [0.3, 0.4) is 0 Å². The average Bonchev–Trinajstić information content (AvgIpc) is 3.29. The van der Waals surface area contributed by atoms with Crippen LogP contribution in [0, 0.1) is 0 Å². The average molecular weight is 429 g/mol. The summed E-state index contributed by atoms with van der Waals surface area (Å²) in [6.45, 7) is 0. The first-order chi connectivity index (χ1) is 14.3. The molecule has 0 atom stereocenters. The van der Waals surface area contributed by atoms with Gasteiger partial charge in [-0.1, -0.05) is 41.9 Å². The highest BCUT2D eigenvalue weighted by molar-refractivity contribution is 6.30. The molecule has 150 valence electrons. The largest absolute Gasteiger partial charge is 0.433 e. The van der Waals surface area contributed by atoms with Crippen LogP contribution in [-0.2, 0) is 6.18 Å². The topological polar surface area (TPSA) is 66.0 Å². The van der Waals surface area contributed by atoms with E-state index in [-0.39, 0.29) is 5.65 Å². The normalized spacial score (nSPS) is 12.1. The highest BCUT2D eigenvalue weighted by atomic mass is 35.5. The number of fused-ring (bicyclic) bond motifs is 2. The summed E-state index contributed by atoms with van der Waals surface area (Å²) in [4.78, 5) is 19.4. The molecule has 5 rings (SSSR count). The molecule has 0 amide bonds. The summed E-state index contributed by atoms with van der Waals surface area (Å²) in [6.07, 6.45) is -3.05. The van der Waals surface area contributed by atoms with Gasteiger partial charge in [0.15, 0.2) is 11.3 Å². The molecule has 3 aromatic heterocycles. The predicted octanol–water partition coefficient (Wildman–Crippen LogP) is 5.51. The molecule has 9 heteroatoms. The van der Waals surface area contributed by atoms with Crippen LogP contribution in [0.5, 0.6) is 0 Å². The fraction of sp³-hybridized carbons (Fsp3) is 0.0476. The third-order valence-electron chi connectivity index (χ3n) is 4.90. The SMILES string of the molecule is O=c1cc(C(F)(F)F)nc2c(-c3c[nH]c4ccccc34)c(-c3ccc(Cl)cc3)[nH]n12. The van der Waals surface area contributed by atoms with Gasteiger partial charge >= 0.3 is 6.18 Å². The van der Waals surface area contributed by atoms with Crippen molar-refractivity contribution in [1.82, 2.24) is 19.6 Å². The van der Waals surface area contributed by atoms with Crippen molar-refractivity contribution >= 4 is 28.2 Å². The maximum atomic E-state index is 13.4. The summed E-state index contributed by atoms with van der Waals surface area (Å²) >= 11 is 5.98. The van der Waals surface area contributed by atoms with E-state index in [4.69, 9.17) is 11.6 Å². The van der Waals surface area contributed by atoms with E-state index in [0.717, 1.165) is 15.4 Å². The molecule has 0 unspecified atom stereocenters. The lowest BCUT2D eigenvalue weighted by atomic mass is 10.0. The molecular weight excluding hydrogens is 417 g/mol. The van der Waals surface area contributed by atoms with Gasteiger partial charge in [0.2, 0.25) is 0 Å². The van der Waals surface area contributed by atoms with Gasteiger partial charge in [-0.05, 0) is 18.2 Å². The van der Waals surface area contributed by atoms with Crippen molar-refractivity contribution in [3.05, 3.63) is 81.9 Å². The molecule has 2 aromatic carbocycles. The van der Waals surface area contributed by atoms with E-state index in [2.05, 4.69) is 15.1 Å². The summed E-state index contributed by atoms with van der Waals surface area (Å²) in [5.41, 5.74) is 0.730. The smallest absolute Gasteiger partial charge is 0.361 e. The van der Waals surface area contributed by atoms with Gasteiger partial charge in [-0.15, -0.1) is 0 Å². The number of aromatic amines is 2. The molecule has 0 fully saturated rings. The van der Waals surface area contributed by atoms with Crippen molar-refractivity contribution in [2.24, 2.45) is 0 Å². The highest BCUT2D eigenvalue weighted by Gasteiger charge is 2.34. The fourth-order valence-corrected chi connectivity index (χ4v) is 3.67. The Morgan fingerprint density at radius 1 is 1.03 bits per heavy atom. The second-order valence-corrected chi connectivity index (χ2v) is 7.19. The van der Waals surface area contributed by atoms with E-state index in [1.165, 1.54) is 0 Å².